The molecule has 0 aliphatic heterocycles. The van der Waals surface area contributed by atoms with E-state index in [1.165, 1.54) is 12.1 Å². The highest BCUT2D eigenvalue weighted by Crippen LogP contribution is 2.35. The third kappa shape index (κ3) is 5.11. The largest absolute Gasteiger partial charge is 0.478 e. The number of hydrogen-bond acceptors (Lipinski definition) is 3. The van der Waals surface area contributed by atoms with Gasteiger partial charge in [-0.2, -0.15) is 8.78 Å². The molecule has 6 nitrogen and oxygen atoms in total. The molecule has 0 unspecified atom stereocenters. The molecule has 10 heteroatoms. The molecule has 0 atom stereocenters. The van der Waals surface area contributed by atoms with Gasteiger partial charge in [-0.25, -0.2) is 4.79 Å². The topological polar surface area (TPSA) is 95.3 Å². The van der Waals surface area contributed by atoms with Crippen LogP contribution in [0.3, 0.4) is 0 Å². The second kappa shape index (κ2) is 7.68. The van der Waals surface area contributed by atoms with E-state index in [1.54, 1.807) is 0 Å². The SMILES string of the molecule is [N-]=[N+]=NCC(=Cc1cc(Cl)c(OC(F)F)c(Cl)c1)C(=O)O. The van der Waals surface area contributed by atoms with Crippen LogP contribution in [0, 0.1) is 0 Å². The minimum absolute atomic E-state index is 0.206. The third-order valence-electron chi connectivity index (χ3n) is 2.15. The Labute approximate surface area is 127 Å². The molecule has 0 amide bonds. The third-order valence-corrected chi connectivity index (χ3v) is 2.71. The van der Waals surface area contributed by atoms with Gasteiger partial charge in [0.25, 0.3) is 0 Å². The van der Waals surface area contributed by atoms with Crippen LogP contribution in [0.4, 0.5) is 8.78 Å². The van der Waals surface area contributed by atoms with Crippen molar-refractivity contribution in [3.05, 3.63) is 43.8 Å². The average molecular weight is 338 g/mol. The molecule has 1 rings (SSSR count). The Bertz CT molecular complexity index is 608. The summed E-state index contributed by atoms with van der Waals surface area (Å²) in [5, 5.41) is 11.7. The Morgan fingerprint density at radius 2 is 2.05 bits per heavy atom. The van der Waals surface area contributed by atoms with E-state index in [0.717, 1.165) is 6.08 Å². The van der Waals surface area contributed by atoms with Crippen molar-refractivity contribution in [1.82, 2.24) is 0 Å². The number of carboxylic acid groups (broad SMARTS) is 1. The molecule has 0 aromatic heterocycles. The number of ether oxygens (including phenoxy) is 1. The van der Waals surface area contributed by atoms with Crippen LogP contribution in [0.25, 0.3) is 16.5 Å². The Morgan fingerprint density at radius 3 is 2.48 bits per heavy atom. The smallest absolute Gasteiger partial charge is 0.387 e. The molecule has 0 fully saturated rings. The first-order chi connectivity index (χ1) is 9.85. The molecule has 0 spiro atoms. The summed E-state index contributed by atoms with van der Waals surface area (Å²) in [4.78, 5) is 13.4. The van der Waals surface area contributed by atoms with Crippen LogP contribution in [-0.4, -0.2) is 24.2 Å². The van der Waals surface area contributed by atoms with E-state index < -0.39 is 24.9 Å². The summed E-state index contributed by atoms with van der Waals surface area (Å²) in [6, 6.07) is 2.40. The van der Waals surface area contributed by atoms with Crippen LogP contribution in [0.15, 0.2) is 22.8 Å². The molecular weight excluding hydrogens is 331 g/mol. The molecule has 0 radical (unpaired) electrons. The molecule has 112 valence electrons. The van der Waals surface area contributed by atoms with Gasteiger partial charge in [-0.1, -0.05) is 28.3 Å². The lowest BCUT2D eigenvalue weighted by Gasteiger charge is -2.09. The zero-order chi connectivity index (χ0) is 16.0. The summed E-state index contributed by atoms with van der Waals surface area (Å²) < 4.78 is 28.5. The number of azide groups is 1. The fourth-order valence-electron chi connectivity index (χ4n) is 1.35. The molecule has 0 aliphatic rings. The van der Waals surface area contributed by atoms with Crippen LogP contribution in [0.1, 0.15) is 5.56 Å². The highest BCUT2D eigenvalue weighted by atomic mass is 35.5. The normalized spacial score (nSPS) is 11.2. The lowest BCUT2D eigenvalue weighted by molar-refractivity contribution is -0.132. The second-order valence-electron chi connectivity index (χ2n) is 3.56. The van der Waals surface area contributed by atoms with E-state index in [1.807, 2.05) is 0 Å². The maximum absolute atomic E-state index is 12.2. The summed E-state index contributed by atoms with van der Waals surface area (Å²) in [6.07, 6.45) is 1.15. The number of hydrogen-bond donors (Lipinski definition) is 1. The Kier molecular flexibility index (Phi) is 6.23. The van der Waals surface area contributed by atoms with Crippen LogP contribution >= 0.6 is 23.2 Å². The molecule has 0 heterocycles. The predicted molar refractivity (Wildman–Crippen MR) is 72.7 cm³/mol. The number of carboxylic acids is 1. The van der Waals surface area contributed by atoms with Crippen molar-refractivity contribution in [2.75, 3.05) is 6.54 Å². The molecule has 0 saturated heterocycles. The van der Waals surface area contributed by atoms with Crippen molar-refractivity contribution in [3.63, 3.8) is 0 Å². The predicted octanol–water partition coefficient (Wildman–Crippen LogP) is 4.37. The highest BCUT2D eigenvalue weighted by Gasteiger charge is 2.14. The lowest BCUT2D eigenvalue weighted by atomic mass is 10.1. The number of benzene rings is 1. The molecule has 21 heavy (non-hydrogen) atoms. The molecular formula is C11H7Cl2F2N3O3. The maximum atomic E-state index is 12.2. The van der Waals surface area contributed by atoms with E-state index in [2.05, 4.69) is 14.8 Å². The van der Waals surface area contributed by atoms with Gasteiger partial charge in [-0.05, 0) is 29.3 Å². The van der Waals surface area contributed by atoms with Crippen molar-refractivity contribution in [3.8, 4) is 5.75 Å². The van der Waals surface area contributed by atoms with Gasteiger partial charge >= 0.3 is 12.6 Å². The Morgan fingerprint density at radius 1 is 1.48 bits per heavy atom. The summed E-state index contributed by atoms with van der Waals surface area (Å²) in [6.45, 7) is -3.49. The van der Waals surface area contributed by atoms with Crippen molar-refractivity contribution < 1.29 is 23.4 Å². The standard InChI is InChI=1S/C11H7Cl2F2N3O3/c12-7-2-5(1-6(10(19)20)4-17-18-16)3-8(13)9(7)21-11(14)15/h1-3,11H,4H2,(H,19,20). The minimum Gasteiger partial charge on any atom is -0.478 e. The number of aliphatic carboxylic acids is 1. The van der Waals surface area contributed by atoms with E-state index in [0.29, 0.717) is 0 Å². The van der Waals surface area contributed by atoms with Crippen LogP contribution in [0.5, 0.6) is 5.75 Å². The lowest BCUT2D eigenvalue weighted by Crippen LogP contribution is -2.04. The van der Waals surface area contributed by atoms with Crippen molar-refractivity contribution in [1.29, 1.82) is 0 Å². The zero-order valence-electron chi connectivity index (χ0n) is 10.1. The molecule has 0 saturated carbocycles. The monoisotopic (exact) mass is 337 g/mol. The van der Waals surface area contributed by atoms with Gasteiger partial charge < -0.3 is 9.84 Å². The molecule has 1 aromatic carbocycles. The maximum Gasteiger partial charge on any atom is 0.387 e. The first-order valence-electron chi connectivity index (χ1n) is 5.23. The van der Waals surface area contributed by atoms with Gasteiger partial charge in [0.1, 0.15) is 0 Å². The number of rotatable bonds is 6. The molecule has 0 bridgehead atoms. The van der Waals surface area contributed by atoms with Gasteiger partial charge in [-0.15, -0.1) is 0 Å². The van der Waals surface area contributed by atoms with E-state index >= 15 is 0 Å². The van der Waals surface area contributed by atoms with Crippen LogP contribution in [-0.2, 0) is 4.79 Å². The summed E-state index contributed by atoms with van der Waals surface area (Å²) in [5.41, 5.74) is 8.19. The number of nitrogens with zero attached hydrogens (tertiary/aromatic N) is 3. The fraction of sp³-hybridized carbons (Fsp3) is 0.182. The van der Waals surface area contributed by atoms with E-state index in [4.69, 9.17) is 33.8 Å². The highest BCUT2D eigenvalue weighted by molar-refractivity contribution is 6.37. The van der Waals surface area contributed by atoms with E-state index in [-0.39, 0.29) is 21.2 Å². The van der Waals surface area contributed by atoms with Gasteiger partial charge in [0.15, 0.2) is 5.75 Å². The van der Waals surface area contributed by atoms with Crippen LogP contribution in [0.2, 0.25) is 10.0 Å². The van der Waals surface area contributed by atoms with Gasteiger partial charge in [0.2, 0.25) is 0 Å². The van der Waals surface area contributed by atoms with E-state index in [9.17, 15) is 13.6 Å². The van der Waals surface area contributed by atoms with Gasteiger partial charge in [0.05, 0.1) is 16.6 Å². The first-order valence-corrected chi connectivity index (χ1v) is 5.99. The average Bonchev–Trinajstić information content (AvgIpc) is 2.38. The van der Waals surface area contributed by atoms with Gasteiger partial charge in [0, 0.05) is 10.5 Å². The summed E-state index contributed by atoms with van der Waals surface area (Å²) >= 11 is 11.5. The minimum atomic E-state index is -3.10. The van der Waals surface area contributed by atoms with Crippen LogP contribution < -0.4 is 4.74 Å². The van der Waals surface area contributed by atoms with Crippen molar-refractivity contribution in [2.45, 2.75) is 6.61 Å². The molecule has 1 N–H and O–H groups in total. The van der Waals surface area contributed by atoms with Crippen molar-refractivity contribution >= 4 is 35.2 Å². The summed E-state index contributed by atoms with van der Waals surface area (Å²) in [5.74, 6) is -1.71. The second-order valence-corrected chi connectivity index (χ2v) is 4.37. The Balaban J connectivity index is 3.19. The zero-order valence-corrected chi connectivity index (χ0v) is 11.6. The van der Waals surface area contributed by atoms with Crippen molar-refractivity contribution in [2.24, 2.45) is 5.11 Å². The fourth-order valence-corrected chi connectivity index (χ4v) is 1.94. The number of carbonyl (C=O) groups is 1. The van der Waals surface area contributed by atoms with Gasteiger partial charge in [-0.3, -0.25) is 0 Å². The molecule has 0 aliphatic carbocycles. The molecule has 1 aromatic rings. The number of alkyl halides is 2. The number of halogens is 4. The quantitative estimate of drug-likeness (QED) is 0.361. The first kappa shape index (κ1) is 17.0. The summed E-state index contributed by atoms with van der Waals surface area (Å²) in [7, 11) is 0. The Hall–Kier alpha value is -2.02.